The molecule has 0 spiro atoms. The highest BCUT2D eigenvalue weighted by molar-refractivity contribution is 9.10. The Bertz CT molecular complexity index is 1030. The molecule has 1 saturated carbocycles. The molecule has 1 aliphatic rings. The number of aliphatic carboxylic acids is 1. The summed E-state index contributed by atoms with van der Waals surface area (Å²) in [6.45, 7) is 0. The fraction of sp³-hybridized carbons (Fsp3) is 0.316. The summed E-state index contributed by atoms with van der Waals surface area (Å²) < 4.78 is 2.36. The number of carbonyl (C=O) groups is 2. The van der Waals surface area contributed by atoms with Crippen LogP contribution in [-0.2, 0) is 4.79 Å². The van der Waals surface area contributed by atoms with E-state index in [-0.39, 0.29) is 17.9 Å². The molecule has 8 nitrogen and oxygen atoms in total. The molecule has 0 saturated heterocycles. The van der Waals surface area contributed by atoms with Crippen molar-refractivity contribution in [2.24, 2.45) is 5.92 Å². The number of carboxylic acid groups (broad SMARTS) is 1. The lowest BCUT2D eigenvalue weighted by atomic mass is 9.86. The Morgan fingerprint density at radius 3 is 2.69 bits per heavy atom. The normalized spacial score (nSPS) is 19.1. The Morgan fingerprint density at radius 1 is 1.21 bits per heavy atom. The predicted octanol–water partition coefficient (Wildman–Crippen LogP) is 3.53. The lowest BCUT2D eigenvalue weighted by molar-refractivity contribution is -0.142. The van der Waals surface area contributed by atoms with Gasteiger partial charge in [-0.25, -0.2) is 9.67 Å². The first kappa shape index (κ1) is 19.7. The van der Waals surface area contributed by atoms with Crippen LogP contribution >= 0.6 is 27.3 Å². The van der Waals surface area contributed by atoms with Crippen molar-refractivity contribution in [2.45, 2.75) is 31.7 Å². The fourth-order valence-corrected chi connectivity index (χ4v) is 4.50. The molecule has 29 heavy (non-hydrogen) atoms. The van der Waals surface area contributed by atoms with Gasteiger partial charge in [0.25, 0.3) is 5.91 Å². The summed E-state index contributed by atoms with van der Waals surface area (Å²) in [7, 11) is 0. The van der Waals surface area contributed by atoms with Gasteiger partial charge in [-0.15, -0.1) is 16.4 Å². The van der Waals surface area contributed by atoms with Crippen LogP contribution < -0.4 is 5.32 Å². The number of nitrogens with one attached hydrogen (secondary N) is 1. The van der Waals surface area contributed by atoms with Crippen LogP contribution in [0.25, 0.3) is 16.4 Å². The third-order valence-electron chi connectivity index (χ3n) is 4.97. The van der Waals surface area contributed by atoms with Crippen molar-refractivity contribution in [1.29, 1.82) is 0 Å². The molecule has 4 rings (SSSR count). The third-order valence-corrected chi connectivity index (χ3v) is 6.22. The molecule has 0 radical (unpaired) electrons. The Balaban J connectivity index is 1.48. The van der Waals surface area contributed by atoms with Crippen LogP contribution in [0.2, 0.25) is 0 Å². The Hall–Kier alpha value is -2.59. The second-order valence-electron chi connectivity index (χ2n) is 6.94. The number of hydrogen-bond acceptors (Lipinski definition) is 6. The van der Waals surface area contributed by atoms with E-state index in [0.29, 0.717) is 42.6 Å². The minimum absolute atomic E-state index is 0.0107. The molecule has 0 aliphatic heterocycles. The van der Waals surface area contributed by atoms with Gasteiger partial charge in [-0.05, 0) is 43.9 Å². The standard InChI is InChI=1S/C19H18BrN5O3S/c20-13-7-12(17(26)22-14-3-1-11(2-4-14)19(27)28)8-15(9-13)25-10-16(23-24-25)18-21-5-6-29-18/h5-11,14H,1-4H2,(H,22,26)(H,27,28). The molecule has 150 valence electrons. The Kier molecular flexibility index (Phi) is 5.72. The van der Waals surface area contributed by atoms with Crippen LogP contribution in [0.15, 0.2) is 40.4 Å². The van der Waals surface area contributed by atoms with Crippen molar-refractivity contribution in [3.05, 3.63) is 46.0 Å². The summed E-state index contributed by atoms with van der Waals surface area (Å²) in [4.78, 5) is 28.1. The number of hydrogen-bond donors (Lipinski definition) is 2. The second-order valence-corrected chi connectivity index (χ2v) is 8.75. The number of carboxylic acids is 1. The molecule has 2 heterocycles. The van der Waals surface area contributed by atoms with Gasteiger partial charge >= 0.3 is 5.97 Å². The van der Waals surface area contributed by atoms with Gasteiger partial charge in [-0.1, -0.05) is 21.1 Å². The van der Waals surface area contributed by atoms with Crippen molar-refractivity contribution in [3.8, 4) is 16.4 Å². The number of amides is 1. The van der Waals surface area contributed by atoms with Crippen LogP contribution in [0.5, 0.6) is 0 Å². The van der Waals surface area contributed by atoms with Gasteiger partial charge in [-0.2, -0.15) is 0 Å². The summed E-state index contributed by atoms with van der Waals surface area (Å²) >= 11 is 4.94. The second kappa shape index (κ2) is 8.42. The van der Waals surface area contributed by atoms with E-state index in [1.165, 1.54) is 11.3 Å². The number of carbonyl (C=O) groups excluding carboxylic acids is 1. The zero-order valence-corrected chi connectivity index (χ0v) is 17.7. The maximum atomic E-state index is 12.8. The molecular formula is C19H18BrN5O3S. The van der Waals surface area contributed by atoms with Crippen LogP contribution in [0, 0.1) is 5.92 Å². The highest BCUT2D eigenvalue weighted by Gasteiger charge is 2.27. The number of aromatic nitrogens is 4. The fourth-order valence-electron chi connectivity index (χ4n) is 3.43. The molecule has 3 aromatic rings. The smallest absolute Gasteiger partial charge is 0.306 e. The number of halogens is 1. The number of rotatable bonds is 5. The average molecular weight is 476 g/mol. The largest absolute Gasteiger partial charge is 0.481 e. The Labute approximate surface area is 179 Å². The van der Waals surface area contributed by atoms with E-state index in [0.717, 1.165) is 9.48 Å². The number of thiazole rings is 1. The zero-order chi connectivity index (χ0) is 20.4. The molecular weight excluding hydrogens is 458 g/mol. The van der Waals surface area contributed by atoms with Gasteiger partial charge in [-0.3, -0.25) is 9.59 Å². The molecule has 1 fully saturated rings. The lowest BCUT2D eigenvalue weighted by Crippen LogP contribution is -2.38. The van der Waals surface area contributed by atoms with Crippen molar-refractivity contribution < 1.29 is 14.7 Å². The molecule has 1 amide bonds. The van der Waals surface area contributed by atoms with Crippen LogP contribution in [0.3, 0.4) is 0 Å². The molecule has 0 unspecified atom stereocenters. The predicted molar refractivity (Wildman–Crippen MR) is 111 cm³/mol. The van der Waals surface area contributed by atoms with Gasteiger partial charge in [0.1, 0.15) is 10.7 Å². The van der Waals surface area contributed by atoms with Crippen LogP contribution in [0.4, 0.5) is 0 Å². The number of benzene rings is 1. The highest BCUT2D eigenvalue weighted by atomic mass is 79.9. The summed E-state index contributed by atoms with van der Waals surface area (Å²) in [5.41, 5.74) is 1.87. The first-order chi connectivity index (χ1) is 14.0. The van der Waals surface area contributed by atoms with E-state index in [1.807, 2.05) is 11.4 Å². The molecule has 10 heteroatoms. The van der Waals surface area contributed by atoms with Crippen molar-refractivity contribution in [3.63, 3.8) is 0 Å². The average Bonchev–Trinajstić information content (AvgIpc) is 3.39. The molecule has 2 aromatic heterocycles. The van der Waals surface area contributed by atoms with Crippen LogP contribution in [0.1, 0.15) is 36.0 Å². The van der Waals surface area contributed by atoms with Gasteiger partial charge in [0, 0.05) is 27.7 Å². The van der Waals surface area contributed by atoms with Gasteiger partial charge in [0.15, 0.2) is 0 Å². The van der Waals surface area contributed by atoms with Gasteiger partial charge in [0.2, 0.25) is 0 Å². The van der Waals surface area contributed by atoms with E-state index in [1.54, 1.807) is 29.2 Å². The summed E-state index contributed by atoms with van der Waals surface area (Å²) in [5, 5.41) is 23.1. The maximum Gasteiger partial charge on any atom is 0.306 e. The van der Waals surface area contributed by atoms with Crippen molar-refractivity contribution >= 4 is 39.1 Å². The molecule has 1 aromatic carbocycles. The van der Waals surface area contributed by atoms with E-state index in [9.17, 15) is 9.59 Å². The van der Waals surface area contributed by atoms with E-state index < -0.39 is 5.97 Å². The van der Waals surface area contributed by atoms with E-state index >= 15 is 0 Å². The summed E-state index contributed by atoms with van der Waals surface area (Å²) in [6.07, 6.45) is 6.00. The first-order valence-electron chi connectivity index (χ1n) is 9.16. The molecule has 0 bridgehead atoms. The van der Waals surface area contributed by atoms with Gasteiger partial charge < -0.3 is 10.4 Å². The van der Waals surface area contributed by atoms with E-state index in [4.69, 9.17) is 5.11 Å². The molecule has 2 N–H and O–H groups in total. The SMILES string of the molecule is O=C(NC1CCC(C(=O)O)CC1)c1cc(Br)cc(-n2cc(-c3nccs3)nn2)c1. The topological polar surface area (TPSA) is 110 Å². The monoisotopic (exact) mass is 475 g/mol. The third kappa shape index (κ3) is 4.54. The highest BCUT2D eigenvalue weighted by Crippen LogP contribution is 2.26. The Morgan fingerprint density at radius 2 is 2.00 bits per heavy atom. The molecule has 0 atom stereocenters. The van der Waals surface area contributed by atoms with Crippen molar-refractivity contribution in [1.82, 2.24) is 25.3 Å². The van der Waals surface area contributed by atoms with E-state index in [2.05, 4.69) is 36.5 Å². The number of nitrogens with zero attached hydrogens (tertiary/aromatic N) is 4. The summed E-state index contributed by atoms with van der Waals surface area (Å²) in [5.74, 6) is -1.25. The van der Waals surface area contributed by atoms with Crippen LogP contribution in [-0.4, -0.2) is 43.0 Å². The first-order valence-corrected chi connectivity index (χ1v) is 10.8. The minimum Gasteiger partial charge on any atom is -0.481 e. The lowest BCUT2D eigenvalue weighted by Gasteiger charge is -2.26. The molecule has 1 aliphatic carbocycles. The quantitative estimate of drug-likeness (QED) is 0.583. The summed E-state index contributed by atoms with van der Waals surface area (Å²) in [6, 6.07) is 5.35. The minimum atomic E-state index is -0.753. The van der Waals surface area contributed by atoms with Crippen molar-refractivity contribution in [2.75, 3.05) is 0 Å². The zero-order valence-electron chi connectivity index (χ0n) is 15.3. The van der Waals surface area contributed by atoms with Gasteiger partial charge in [0.05, 0.1) is 17.8 Å². The maximum absolute atomic E-state index is 12.8.